The van der Waals surface area contributed by atoms with Crippen LogP contribution in [0.5, 0.6) is 0 Å². The van der Waals surface area contributed by atoms with Crippen molar-refractivity contribution in [2.75, 3.05) is 0 Å². The third-order valence-electron chi connectivity index (χ3n) is 3.80. The molecule has 4 heteroatoms. The fourth-order valence-corrected chi connectivity index (χ4v) is 2.47. The number of rotatable bonds is 4. The van der Waals surface area contributed by atoms with Gasteiger partial charge in [-0.1, -0.05) is 35.9 Å². The van der Waals surface area contributed by atoms with Gasteiger partial charge >= 0.3 is 5.97 Å². The first-order chi connectivity index (χ1) is 11.1. The first-order valence-electron chi connectivity index (χ1n) is 7.44. The molecule has 0 bridgehead atoms. The van der Waals surface area contributed by atoms with Crippen molar-refractivity contribution in [2.45, 2.75) is 20.0 Å². The van der Waals surface area contributed by atoms with Crippen molar-refractivity contribution in [3.63, 3.8) is 0 Å². The highest BCUT2D eigenvalue weighted by Gasteiger charge is 2.22. The SMILES string of the molecule is Cc1ccc(C(=O)O[C@@H](C)C(=O)c2c[nH]c3ccccc23)cc1. The molecule has 3 rings (SSSR count). The first-order valence-corrected chi connectivity index (χ1v) is 7.44. The van der Waals surface area contributed by atoms with Crippen LogP contribution in [0.4, 0.5) is 0 Å². The number of ether oxygens (including phenoxy) is 1. The second kappa shape index (κ2) is 6.08. The van der Waals surface area contributed by atoms with Gasteiger partial charge in [0.25, 0.3) is 0 Å². The van der Waals surface area contributed by atoms with Gasteiger partial charge in [0.2, 0.25) is 5.78 Å². The third-order valence-corrected chi connectivity index (χ3v) is 3.80. The maximum Gasteiger partial charge on any atom is 0.338 e. The van der Waals surface area contributed by atoms with E-state index < -0.39 is 12.1 Å². The summed E-state index contributed by atoms with van der Waals surface area (Å²) in [6.07, 6.45) is 0.812. The Bertz CT molecular complexity index is 862. The number of hydrogen-bond acceptors (Lipinski definition) is 3. The number of aromatic nitrogens is 1. The summed E-state index contributed by atoms with van der Waals surface area (Å²) in [5.41, 5.74) is 2.91. The molecule has 0 aliphatic carbocycles. The zero-order valence-electron chi connectivity index (χ0n) is 13.0. The molecule has 0 saturated carbocycles. The lowest BCUT2D eigenvalue weighted by Crippen LogP contribution is -2.24. The monoisotopic (exact) mass is 307 g/mol. The van der Waals surface area contributed by atoms with Gasteiger partial charge < -0.3 is 9.72 Å². The number of carbonyl (C=O) groups excluding carboxylic acids is 2. The van der Waals surface area contributed by atoms with E-state index in [1.54, 1.807) is 25.3 Å². The van der Waals surface area contributed by atoms with Crippen LogP contribution in [0.2, 0.25) is 0 Å². The summed E-state index contributed by atoms with van der Waals surface area (Å²) in [6.45, 7) is 3.54. The van der Waals surface area contributed by atoms with Gasteiger partial charge in [0.05, 0.1) is 5.56 Å². The number of benzene rings is 2. The first kappa shape index (κ1) is 15.0. The summed E-state index contributed by atoms with van der Waals surface area (Å²) in [7, 11) is 0. The van der Waals surface area contributed by atoms with Crippen molar-refractivity contribution in [3.8, 4) is 0 Å². The minimum Gasteiger partial charge on any atom is -0.451 e. The molecule has 0 aliphatic rings. The normalized spacial score (nSPS) is 12.1. The summed E-state index contributed by atoms with van der Waals surface area (Å²) in [5.74, 6) is -0.714. The number of esters is 1. The molecule has 0 fully saturated rings. The number of carbonyl (C=O) groups is 2. The number of fused-ring (bicyclic) bond motifs is 1. The van der Waals surface area contributed by atoms with Crippen molar-refractivity contribution < 1.29 is 14.3 Å². The molecule has 0 aliphatic heterocycles. The molecule has 1 heterocycles. The van der Waals surface area contributed by atoms with Crippen LogP contribution in [0.25, 0.3) is 10.9 Å². The Kier molecular flexibility index (Phi) is 3.98. The average molecular weight is 307 g/mol. The van der Waals surface area contributed by atoms with E-state index in [1.807, 2.05) is 43.3 Å². The number of aryl methyl sites for hydroxylation is 1. The minimum absolute atomic E-state index is 0.220. The maximum absolute atomic E-state index is 12.5. The Morgan fingerprint density at radius 2 is 1.74 bits per heavy atom. The van der Waals surface area contributed by atoms with E-state index in [0.717, 1.165) is 16.5 Å². The van der Waals surface area contributed by atoms with E-state index in [1.165, 1.54) is 0 Å². The van der Waals surface area contributed by atoms with Gasteiger partial charge in [-0.2, -0.15) is 0 Å². The topological polar surface area (TPSA) is 59.2 Å². The molecule has 2 aromatic carbocycles. The second-order valence-corrected chi connectivity index (χ2v) is 5.53. The number of hydrogen-bond donors (Lipinski definition) is 1. The van der Waals surface area contributed by atoms with Crippen LogP contribution in [-0.2, 0) is 4.74 Å². The molecule has 0 spiro atoms. The molecular formula is C19H17NO3. The van der Waals surface area contributed by atoms with Crippen LogP contribution in [-0.4, -0.2) is 22.8 Å². The molecule has 0 radical (unpaired) electrons. The lowest BCUT2D eigenvalue weighted by molar-refractivity contribution is 0.0319. The molecule has 4 nitrogen and oxygen atoms in total. The van der Waals surface area contributed by atoms with Crippen LogP contribution in [0.1, 0.15) is 33.2 Å². The quantitative estimate of drug-likeness (QED) is 0.587. The van der Waals surface area contributed by atoms with E-state index in [9.17, 15) is 9.59 Å². The van der Waals surface area contributed by atoms with Crippen molar-refractivity contribution in [2.24, 2.45) is 0 Å². The van der Waals surface area contributed by atoms with Crippen LogP contribution >= 0.6 is 0 Å². The molecule has 23 heavy (non-hydrogen) atoms. The number of Topliss-reactive ketones (excluding diaryl/α,β-unsaturated/α-hetero) is 1. The van der Waals surface area contributed by atoms with Crippen LogP contribution in [0, 0.1) is 6.92 Å². The molecule has 0 unspecified atom stereocenters. The highest BCUT2D eigenvalue weighted by atomic mass is 16.5. The standard InChI is InChI=1S/C19H17NO3/c1-12-7-9-14(10-8-12)19(22)23-13(2)18(21)16-11-20-17-6-4-3-5-15(16)17/h3-11,13,20H,1-2H3/t13-/m0/s1. The van der Waals surface area contributed by atoms with E-state index in [2.05, 4.69) is 4.98 Å². The van der Waals surface area contributed by atoms with E-state index in [0.29, 0.717) is 11.1 Å². The van der Waals surface area contributed by atoms with Crippen molar-refractivity contribution >= 4 is 22.7 Å². The number of nitrogens with one attached hydrogen (secondary N) is 1. The number of ketones is 1. The smallest absolute Gasteiger partial charge is 0.338 e. The fourth-order valence-electron chi connectivity index (χ4n) is 2.47. The second-order valence-electron chi connectivity index (χ2n) is 5.53. The van der Waals surface area contributed by atoms with Gasteiger partial charge in [0.1, 0.15) is 0 Å². The molecule has 1 atom stereocenters. The Morgan fingerprint density at radius 3 is 2.48 bits per heavy atom. The Balaban J connectivity index is 1.77. The van der Waals surface area contributed by atoms with Crippen LogP contribution in [0.15, 0.2) is 54.7 Å². The van der Waals surface area contributed by atoms with Crippen molar-refractivity contribution in [1.82, 2.24) is 4.98 Å². The predicted octanol–water partition coefficient (Wildman–Crippen LogP) is 3.90. The summed E-state index contributed by atoms with van der Waals surface area (Å²) >= 11 is 0. The van der Waals surface area contributed by atoms with Crippen LogP contribution < -0.4 is 0 Å². The molecule has 0 amide bonds. The number of para-hydroxylation sites is 1. The molecule has 116 valence electrons. The Morgan fingerprint density at radius 1 is 1.04 bits per heavy atom. The number of H-pyrrole nitrogens is 1. The van der Waals surface area contributed by atoms with Gasteiger partial charge in [0, 0.05) is 22.7 Å². The highest BCUT2D eigenvalue weighted by Crippen LogP contribution is 2.20. The third kappa shape index (κ3) is 3.01. The van der Waals surface area contributed by atoms with Gasteiger partial charge in [-0.05, 0) is 32.0 Å². The largest absolute Gasteiger partial charge is 0.451 e. The fraction of sp³-hybridized carbons (Fsp3) is 0.158. The number of aromatic amines is 1. The molecule has 3 aromatic rings. The summed E-state index contributed by atoms with van der Waals surface area (Å²) in [4.78, 5) is 27.7. The van der Waals surface area contributed by atoms with Crippen molar-refractivity contribution in [3.05, 3.63) is 71.4 Å². The summed E-state index contributed by atoms with van der Waals surface area (Å²) in [5, 5.41) is 0.829. The minimum atomic E-state index is -0.844. The van der Waals surface area contributed by atoms with Crippen molar-refractivity contribution in [1.29, 1.82) is 0 Å². The summed E-state index contributed by atoms with van der Waals surface area (Å²) < 4.78 is 5.31. The van der Waals surface area contributed by atoms with Crippen LogP contribution in [0.3, 0.4) is 0 Å². The molecule has 1 aromatic heterocycles. The lowest BCUT2D eigenvalue weighted by Gasteiger charge is -2.12. The van der Waals surface area contributed by atoms with E-state index >= 15 is 0 Å². The molecule has 1 N–H and O–H groups in total. The Labute approximate surface area is 134 Å². The Hall–Kier alpha value is -2.88. The summed E-state index contributed by atoms with van der Waals surface area (Å²) in [6, 6.07) is 14.6. The van der Waals surface area contributed by atoms with E-state index in [-0.39, 0.29) is 5.78 Å². The predicted molar refractivity (Wildman–Crippen MR) is 88.7 cm³/mol. The van der Waals surface area contributed by atoms with E-state index in [4.69, 9.17) is 4.74 Å². The van der Waals surface area contributed by atoms with Gasteiger partial charge in [0.15, 0.2) is 6.10 Å². The maximum atomic E-state index is 12.5. The zero-order valence-corrected chi connectivity index (χ0v) is 13.0. The zero-order chi connectivity index (χ0) is 16.4. The average Bonchev–Trinajstić information content (AvgIpc) is 2.98. The molecular weight excluding hydrogens is 290 g/mol. The van der Waals surface area contributed by atoms with Gasteiger partial charge in [-0.25, -0.2) is 4.79 Å². The highest BCUT2D eigenvalue weighted by molar-refractivity contribution is 6.10. The molecule has 0 saturated heterocycles. The van der Waals surface area contributed by atoms with Gasteiger partial charge in [-0.15, -0.1) is 0 Å². The van der Waals surface area contributed by atoms with Gasteiger partial charge in [-0.3, -0.25) is 4.79 Å². The lowest BCUT2D eigenvalue weighted by atomic mass is 10.1.